The van der Waals surface area contributed by atoms with Crippen LogP contribution in [0.5, 0.6) is 0 Å². The largest absolute Gasteiger partial charge is 0.462 e. The van der Waals surface area contributed by atoms with Crippen molar-refractivity contribution in [2.45, 2.75) is 11.8 Å². The van der Waals surface area contributed by atoms with Gasteiger partial charge in [0.1, 0.15) is 4.90 Å². The van der Waals surface area contributed by atoms with E-state index in [9.17, 15) is 18.0 Å². The van der Waals surface area contributed by atoms with Crippen molar-refractivity contribution in [1.29, 1.82) is 0 Å². The van der Waals surface area contributed by atoms with Crippen LogP contribution in [0.25, 0.3) is 0 Å². The van der Waals surface area contributed by atoms with Crippen LogP contribution in [0.4, 0.5) is 10.6 Å². The molecular formula is C14H14N4O5S. The fourth-order valence-electron chi connectivity index (χ4n) is 1.76. The van der Waals surface area contributed by atoms with E-state index in [0.29, 0.717) is 0 Å². The Kier molecular flexibility index (Phi) is 5.42. The maximum atomic E-state index is 12.3. The first kappa shape index (κ1) is 17.3. The molecule has 0 radical (unpaired) electrons. The first-order valence-electron chi connectivity index (χ1n) is 6.80. The number of sulfonamides is 1. The van der Waals surface area contributed by atoms with Gasteiger partial charge in [-0.1, -0.05) is 12.1 Å². The van der Waals surface area contributed by atoms with Crippen LogP contribution in [0.3, 0.4) is 0 Å². The standard InChI is InChI=1S/C14H14N4O5S/c1-2-23-13(19)10-5-3-4-6-11(10)24(21,22)18-14(20)17-12-9-15-7-8-16-12/h3-9H,2H2,1H3,(H2,16,17,18,20). The van der Waals surface area contributed by atoms with E-state index in [0.717, 1.165) is 0 Å². The lowest BCUT2D eigenvalue weighted by Crippen LogP contribution is -2.35. The lowest BCUT2D eigenvalue weighted by atomic mass is 10.2. The fourth-order valence-corrected chi connectivity index (χ4v) is 2.86. The third-order valence-corrected chi connectivity index (χ3v) is 4.09. The summed E-state index contributed by atoms with van der Waals surface area (Å²) in [5.41, 5.74) is -0.167. The summed E-state index contributed by atoms with van der Waals surface area (Å²) in [5.74, 6) is -0.725. The molecule has 0 spiro atoms. The highest BCUT2D eigenvalue weighted by Gasteiger charge is 2.24. The van der Waals surface area contributed by atoms with Gasteiger partial charge in [-0.25, -0.2) is 27.7 Å². The van der Waals surface area contributed by atoms with Crippen molar-refractivity contribution in [1.82, 2.24) is 14.7 Å². The van der Waals surface area contributed by atoms with E-state index in [1.807, 2.05) is 0 Å². The van der Waals surface area contributed by atoms with Gasteiger partial charge in [0.15, 0.2) is 5.82 Å². The molecule has 0 saturated carbocycles. The van der Waals surface area contributed by atoms with Crippen molar-refractivity contribution < 1.29 is 22.7 Å². The van der Waals surface area contributed by atoms with Crippen LogP contribution in [0.15, 0.2) is 47.8 Å². The topological polar surface area (TPSA) is 127 Å². The van der Waals surface area contributed by atoms with Crippen molar-refractivity contribution in [3.63, 3.8) is 0 Å². The SMILES string of the molecule is CCOC(=O)c1ccccc1S(=O)(=O)NC(=O)Nc1cnccn1. The van der Waals surface area contributed by atoms with E-state index in [-0.39, 0.29) is 22.9 Å². The van der Waals surface area contributed by atoms with Gasteiger partial charge in [0.25, 0.3) is 10.0 Å². The van der Waals surface area contributed by atoms with Crippen LogP contribution < -0.4 is 10.0 Å². The van der Waals surface area contributed by atoms with Crippen LogP contribution >= 0.6 is 0 Å². The number of carbonyl (C=O) groups excluding carboxylic acids is 2. The number of nitrogens with zero attached hydrogens (tertiary/aromatic N) is 2. The molecule has 1 heterocycles. The summed E-state index contributed by atoms with van der Waals surface area (Å²) in [7, 11) is -4.28. The smallest absolute Gasteiger partial charge is 0.339 e. The summed E-state index contributed by atoms with van der Waals surface area (Å²) in [6.45, 7) is 1.69. The number of benzene rings is 1. The second kappa shape index (κ2) is 7.51. The van der Waals surface area contributed by atoms with Crippen LogP contribution in [0.1, 0.15) is 17.3 Å². The number of urea groups is 1. The van der Waals surface area contributed by atoms with E-state index in [1.165, 1.54) is 42.9 Å². The molecule has 2 rings (SSSR count). The summed E-state index contributed by atoms with van der Waals surface area (Å²) >= 11 is 0. The molecule has 9 nitrogen and oxygen atoms in total. The molecule has 0 aliphatic rings. The Hall–Kier alpha value is -3.01. The molecular weight excluding hydrogens is 336 g/mol. The van der Waals surface area contributed by atoms with Gasteiger partial charge >= 0.3 is 12.0 Å². The summed E-state index contributed by atoms with van der Waals surface area (Å²) in [5, 5.41) is 2.22. The summed E-state index contributed by atoms with van der Waals surface area (Å²) in [6, 6.07) is 4.38. The summed E-state index contributed by atoms with van der Waals surface area (Å²) in [6.07, 6.45) is 3.98. The molecule has 0 saturated heterocycles. The van der Waals surface area contributed by atoms with Crippen LogP contribution in [0.2, 0.25) is 0 Å². The summed E-state index contributed by atoms with van der Waals surface area (Å²) in [4.78, 5) is 30.8. The zero-order chi connectivity index (χ0) is 17.6. The molecule has 0 unspecified atom stereocenters. The average Bonchev–Trinajstić information content (AvgIpc) is 2.55. The Morgan fingerprint density at radius 3 is 2.62 bits per heavy atom. The monoisotopic (exact) mass is 350 g/mol. The predicted octanol–water partition coefficient (Wildman–Crippen LogP) is 1.16. The van der Waals surface area contributed by atoms with Crippen molar-refractivity contribution in [3.8, 4) is 0 Å². The molecule has 0 bridgehead atoms. The van der Waals surface area contributed by atoms with Crippen LogP contribution in [-0.2, 0) is 14.8 Å². The third-order valence-electron chi connectivity index (χ3n) is 2.70. The lowest BCUT2D eigenvalue weighted by Gasteiger charge is -2.11. The number of anilines is 1. The molecule has 126 valence electrons. The molecule has 24 heavy (non-hydrogen) atoms. The number of hydrogen-bond acceptors (Lipinski definition) is 7. The number of rotatable bonds is 5. The molecule has 10 heteroatoms. The van der Waals surface area contributed by atoms with Crippen molar-refractivity contribution >= 4 is 27.8 Å². The van der Waals surface area contributed by atoms with E-state index in [1.54, 1.807) is 11.6 Å². The minimum absolute atomic E-state index is 0.0730. The second-order valence-electron chi connectivity index (χ2n) is 4.37. The van der Waals surface area contributed by atoms with Gasteiger partial charge in [0.05, 0.1) is 18.4 Å². The number of nitrogens with one attached hydrogen (secondary N) is 2. The number of amides is 2. The normalized spacial score (nSPS) is 10.7. The third kappa shape index (κ3) is 4.26. The van der Waals surface area contributed by atoms with Crippen molar-refractivity contribution in [2.75, 3.05) is 11.9 Å². The second-order valence-corrected chi connectivity index (χ2v) is 6.02. The predicted molar refractivity (Wildman–Crippen MR) is 83.8 cm³/mol. The number of carbonyl (C=O) groups is 2. The highest BCUT2D eigenvalue weighted by atomic mass is 32.2. The zero-order valence-corrected chi connectivity index (χ0v) is 13.4. The Bertz CT molecular complexity index is 839. The number of esters is 1. The molecule has 0 aliphatic heterocycles. The molecule has 2 amide bonds. The first-order valence-corrected chi connectivity index (χ1v) is 8.28. The minimum atomic E-state index is -4.28. The molecule has 2 N–H and O–H groups in total. The van der Waals surface area contributed by atoms with Crippen LogP contribution in [-0.4, -0.2) is 37.0 Å². The highest BCUT2D eigenvalue weighted by Crippen LogP contribution is 2.16. The molecule has 2 aromatic rings. The maximum Gasteiger partial charge on any atom is 0.339 e. The number of hydrogen-bond donors (Lipinski definition) is 2. The van der Waals surface area contributed by atoms with E-state index in [2.05, 4.69) is 15.3 Å². The highest BCUT2D eigenvalue weighted by molar-refractivity contribution is 7.90. The Labute approximate surface area is 138 Å². The molecule has 0 aliphatic carbocycles. The van der Waals surface area contributed by atoms with E-state index in [4.69, 9.17) is 4.74 Å². The molecule has 1 aromatic carbocycles. The molecule has 0 atom stereocenters. The van der Waals surface area contributed by atoms with Crippen LogP contribution in [0, 0.1) is 0 Å². The van der Waals surface area contributed by atoms with E-state index < -0.39 is 22.0 Å². The van der Waals surface area contributed by atoms with Crippen molar-refractivity contribution in [3.05, 3.63) is 48.4 Å². The van der Waals surface area contributed by atoms with Gasteiger partial charge in [0, 0.05) is 12.4 Å². The average molecular weight is 350 g/mol. The summed E-state index contributed by atoms with van der Waals surface area (Å²) < 4.78 is 31.3. The van der Waals surface area contributed by atoms with Gasteiger partial charge in [-0.05, 0) is 19.1 Å². The Morgan fingerprint density at radius 1 is 1.21 bits per heavy atom. The van der Waals surface area contributed by atoms with Gasteiger partial charge < -0.3 is 4.74 Å². The van der Waals surface area contributed by atoms with Crippen molar-refractivity contribution in [2.24, 2.45) is 0 Å². The number of ether oxygens (including phenoxy) is 1. The van der Waals surface area contributed by atoms with Gasteiger partial charge in [-0.2, -0.15) is 0 Å². The Morgan fingerprint density at radius 2 is 1.96 bits per heavy atom. The minimum Gasteiger partial charge on any atom is -0.462 e. The Balaban J connectivity index is 2.21. The lowest BCUT2D eigenvalue weighted by molar-refractivity contribution is 0.0521. The quantitative estimate of drug-likeness (QED) is 0.775. The zero-order valence-electron chi connectivity index (χ0n) is 12.6. The number of aromatic nitrogens is 2. The fraction of sp³-hybridized carbons (Fsp3) is 0.143. The van der Waals surface area contributed by atoms with Gasteiger partial charge in [0.2, 0.25) is 0 Å². The maximum absolute atomic E-state index is 12.3. The molecule has 0 fully saturated rings. The van der Waals surface area contributed by atoms with Gasteiger partial charge in [-0.3, -0.25) is 10.3 Å². The molecule has 1 aromatic heterocycles. The van der Waals surface area contributed by atoms with Gasteiger partial charge in [-0.15, -0.1) is 0 Å². The first-order chi connectivity index (χ1) is 11.4. The van der Waals surface area contributed by atoms with E-state index >= 15 is 0 Å².